The molecule has 0 aliphatic carbocycles. The molecule has 0 spiro atoms. The zero-order valence-electron chi connectivity index (χ0n) is 14.3. The van der Waals surface area contributed by atoms with Crippen LogP contribution in [0.5, 0.6) is 0 Å². The number of amides is 2. The van der Waals surface area contributed by atoms with Gasteiger partial charge in [0.2, 0.25) is 5.91 Å². The van der Waals surface area contributed by atoms with Crippen molar-refractivity contribution in [3.05, 3.63) is 75.4 Å². The predicted octanol–water partition coefficient (Wildman–Crippen LogP) is 4.86. The molecule has 0 saturated carbocycles. The monoisotopic (exact) mass is 490 g/mol. The quantitative estimate of drug-likeness (QED) is 0.535. The molecule has 0 fully saturated rings. The number of rotatable bonds is 5. The van der Waals surface area contributed by atoms with Gasteiger partial charge in [0.1, 0.15) is 6.04 Å². The Hall–Kier alpha value is -2.45. The van der Waals surface area contributed by atoms with Gasteiger partial charge in [0.05, 0.1) is 0 Å². The first-order valence-corrected chi connectivity index (χ1v) is 9.69. The number of halogens is 2. The summed E-state index contributed by atoms with van der Waals surface area (Å²) < 4.78 is 3.32. The minimum absolute atomic E-state index is 0.222. The molecular weight excluding hydrogens is 476 g/mol. The maximum atomic E-state index is 12.4. The van der Waals surface area contributed by atoms with Gasteiger partial charge < -0.3 is 10.6 Å². The molecule has 3 aromatic rings. The summed E-state index contributed by atoms with van der Waals surface area (Å²) >= 11 is 6.70. The number of nitrogens with one attached hydrogen (secondary N) is 2. The SMILES string of the molecule is C[C@H](C(=O)Nc1ccc(Br)cc1)n1ccc(C(=O)Nc2ccc(Br)cc2)n1. The Bertz CT molecular complexity index is 953. The van der Waals surface area contributed by atoms with Crippen LogP contribution in [0.15, 0.2) is 69.7 Å². The largest absolute Gasteiger partial charge is 0.324 e. The van der Waals surface area contributed by atoms with Gasteiger partial charge >= 0.3 is 0 Å². The lowest BCUT2D eigenvalue weighted by atomic mass is 10.3. The summed E-state index contributed by atoms with van der Waals surface area (Å²) in [5.74, 6) is -0.558. The van der Waals surface area contributed by atoms with Crippen LogP contribution < -0.4 is 10.6 Å². The van der Waals surface area contributed by atoms with E-state index in [1.54, 1.807) is 43.5 Å². The third-order valence-electron chi connectivity index (χ3n) is 3.83. The molecule has 6 nitrogen and oxygen atoms in total. The molecule has 8 heteroatoms. The number of hydrogen-bond donors (Lipinski definition) is 2. The Kier molecular flexibility index (Phi) is 6.08. The highest BCUT2D eigenvalue weighted by molar-refractivity contribution is 9.10. The van der Waals surface area contributed by atoms with E-state index in [9.17, 15) is 9.59 Å². The number of carbonyl (C=O) groups is 2. The van der Waals surface area contributed by atoms with Crippen molar-refractivity contribution in [3.8, 4) is 0 Å². The van der Waals surface area contributed by atoms with Gasteiger partial charge in [-0.3, -0.25) is 14.3 Å². The lowest BCUT2D eigenvalue weighted by Crippen LogP contribution is -2.24. The first kappa shape index (κ1) is 19.3. The molecule has 138 valence electrons. The number of benzene rings is 2. The van der Waals surface area contributed by atoms with Crippen LogP contribution in [-0.4, -0.2) is 21.6 Å². The van der Waals surface area contributed by atoms with E-state index in [0.717, 1.165) is 8.95 Å². The smallest absolute Gasteiger partial charge is 0.276 e. The van der Waals surface area contributed by atoms with Crippen LogP contribution in [-0.2, 0) is 4.79 Å². The van der Waals surface area contributed by atoms with E-state index in [-0.39, 0.29) is 17.5 Å². The Labute approximate surface area is 173 Å². The van der Waals surface area contributed by atoms with E-state index < -0.39 is 6.04 Å². The maximum Gasteiger partial charge on any atom is 0.276 e. The molecule has 0 unspecified atom stereocenters. The van der Waals surface area contributed by atoms with Crippen molar-refractivity contribution in [2.24, 2.45) is 0 Å². The van der Waals surface area contributed by atoms with E-state index in [0.29, 0.717) is 11.4 Å². The van der Waals surface area contributed by atoms with E-state index in [2.05, 4.69) is 47.6 Å². The van der Waals surface area contributed by atoms with Crippen molar-refractivity contribution in [3.63, 3.8) is 0 Å². The van der Waals surface area contributed by atoms with Crippen LogP contribution in [0.1, 0.15) is 23.5 Å². The highest BCUT2D eigenvalue weighted by Crippen LogP contribution is 2.17. The molecule has 0 aliphatic rings. The standard InChI is InChI=1S/C19H16Br2N4O2/c1-12(18(26)22-15-6-2-13(20)3-7-15)25-11-10-17(24-25)19(27)23-16-8-4-14(21)5-9-16/h2-12H,1H3,(H,22,26)(H,23,27)/t12-/m1/s1. The summed E-state index contributed by atoms with van der Waals surface area (Å²) in [5, 5.41) is 9.82. The fourth-order valence-corrected chi connectivity index (χ4v) is 2.83. The summed E-state index contributed by atoms with van der Waals surface area (Å²) in [7, 11) is 0. The van der Waals surface area contributed by atoms with E-state index in [1.165, 1.54) is 4.68 Å². The Morgan fingerprint density at radius 3 is 1.96 bits per heavy atom. The van der Waals surface area contributed by atoms with Crippen LogP contribution in [0, 0.1) is 0 Å². The van der Waals surface area contributed by atoms with Gasteiger partial charge in [-0.15, -0.1) is 0 Å². The van der Waals surface area contributed by atoms with Gasteiger partial charge in [0.25, 0.3) is 5.91 Å². The number of nitrogens with zero attached hydrogens (tertiary/aromatic N) is 2. The van der Waals surface area contributed by atoms with Gasteiger partial charge in [-0.2, -0.15) is 5.10 Å². The Morgan fingerprint density at radius 1 is 0.889 bits per heavy atom. The molecule has 1 heterocycles. The van der Waals surface area contributed by atoms with Crippen LogP contribution in [0.2, 0.25) is 0 Å². The fraction of sp³-hybridized carbons (Fsp3) is 0.105. The van der Waals surface area contributed by atoms with Crippen LogP contribution in [0.25, 0.3) is 0 Å². The average molecular weight is 492 g/mol. The molecular formula is C19H16Br2N4O2. The molecule has 27 heavy (non-hydrogen) atoms. The zero-order valence-corrected chi connectivity index (χ0v) is 17.5. The number of anilines is 2. The van der Waals surface area contributed by atoms with Crippen molar-refractivity contribution in [1.82, 2.24) is 9.78 Å². The molecule has 2 amide bonds. The summed E-state index contributed by atoms with van der Waals surface area (Å²) in [4.78, 5) is 24.7. The minimum atomic E-state index is -0.567. The van der Waals surface area contributed by atoms with E-state index in [1.807, 2.05) is 24.3 Å². The second-order valence-corrected chi connectivity index (χ2v) is 7.65. The maximum absolute atomic E-state index is 12.4. The van der Waals surface area contributed by atoms with Gasteiger partial charge in [0.15, 0.2) is 5.69 Å². The molecule has 0 saturated heterocycles. The molecule has 2 aromatic carbocycles. The average Bonchev–Trinajstić information content (AvgIpc) is 3.15. The minimum Gasteiger partial charge on any atom is -0.324 e. The molecule has 0 aliphatic heterocycles. The van der Waals surface area contributed by atoms with Crippen LogP contribution in [0.4, 0.5) is 11.4 Å². The van der Waals surface area contributed by atoms with Crippen molar-refractivity contribution in [2.75, 3.05) is 10.6 Å². The fourth-order valence-electron chi connectivity index (χ4n) is 2.30. The normalized spacial score (nSPS) is 11.7. The van der Waals surface area contributed by atoms with E-state index >= 15 is 0 Å². The highest BCUT2D eigenvalue weighted by Gasteiger charge is 2.18. The Morgan fingerprint density at radius 2 is 1.41 bits per heavy atom. The summed E-state index contributed by atoms with van der Waals surface area (Å²) in [6.07, 6.45) is 1.61. The first-order chi connectivity index (χ1) is 12.9. The second-order valence-electron chi connectivity index (χ2n) is 5.81. The third-order valence-corrected chi connectivity index (χ3v) is 4.89. The van der Waals surface area contributed by atoms with Crippen molar-refractivity contribution in [2.45, 2.75) is 13.0 Å². The summed E-state index contributed by atoms with van der Waals surface area (Å²) in [6, 6.07) is 15.5. The molecule has 0 bridgehead atoms. The van der Waals surface area contributed by atoms with Crippen LogP contribution >= 0.6 is 31.9 Å². The van der Waals surface area contributed by atoms with Gasteiger partial charge in [-0.05, 0) is 61.5 Å². The number of carbonyl (C=O) groups excluding carboxylic acids is 2. The van der Waals surface area contributed by atoms with Crippen molar-refractivity contribution >= 4 is 55.0 Å². The first-order valence-electron chi connectivity index (χ1n) is 8.11. The summed E-state index contributed by atoms with van der Waals surface area (Å²) in [6.45, 7) is 1.72. The van der Waals surface area contributed by atoms with E-state index in [4.69, 9.17) is 0 Å². The number of hydrogen-bond acceptors (Lipinski definition) is 3. The van der Waals surface area contributed by atoms with Crippen LogP contribution in [0.3, 0.4) is 0 Å². The highest BCUT2D eigenvalue weighted by atomic mass is 79.9. The molecule has 1 aromatic heterocycles. The molecule has 2 N–H and O–H groups in total. The molecule has 1 atom stereocenters. The zero-order chi connectivity index (χ0) is 19.4. The second kappa shape index (κ2) is 8.49. The predicted molar refractivity (Wildman–Crippen MR) is 112 cm³/mol. The lowest BCUT2D eigenvalue weighted by Gasteiger charge is -2.12. The van der Waals surface area contributed by atoms with Crippen molar-refractivity contribution < 1.29 is 9.59 Å². The number of aromatic nitrogens is 2. The topological polar surface area (TPSA) is 76.0 Å². The molecule has 3 rings (SSSR count). The van der Waals surface area contributed by atoms with Gasteiger partial charge in [0, 0.05) is 26.5 Å². The third kappa shape index (κ3) is 5.05. The van der Waals surface area contributed by atoms with Gasteiger partial charge in [-0.25, -0.2) is 0 Å². The summed E-state index contributed by atoms with van der Waals surface area (Å²) in [5.41, 5.74) is 1.59. The van der Waals surface area contributed by atoms with Crippen molar-refractivity contribution in [1.29, 1.82) is 0 Å². The van der Waals surface area contributed by atoms with Gasteiger partial charge in [-0.1, -0.05) is 31.9 Å². The molecule has 0 radical (unpaired) electrons. The Balaban J connectivity index is 1.64. The lowest BCUT2D eigenvalue weighted by molar-refractivity contribution is -0.119.